The van der Waals surface area contributed by atoms with E-state index in [1.54, 1.807) is 6.07 Å². The van der Waals surface area contributed by atoms with Gasteiger partial charge < -0.3 is 15.5 Å². The lowest BCUT2D eigenvalue weighted by Gasteiger charge is -2.40. The fourth-order valence-corrected chi connectivity index (χ4v) is 2.49. The molecule has 3 N–H and O–H groups in total. The predicted octanol–water partition coefficient (Wildman–Crippen LogP) is 2.52. The quantitative estimate of drug-likeness (QED) is 0.788. The van der Waals surface area contributed by atoms with E-state index in [4.69, 9.17) is 5.11 Å². The summed E-state index contributed by atoms with van der Waals surface area (Å²) in [4.78, 5) is 14.6. The van der Waals surface area contributed by atoms with Crippen molar-refractivity contribution in [3.8, 4) is 0 Å². The van der Waals surface area contributed by atoms with Crippen LogP contribution in [0.25, 0.3) is 0 Å². The van der Waals surface area contributed by atoms with Gasteiger partial charge in [0.25, 0.3) is 0 Å². The highest BCUT2D eigenvalue weighted by molar-refractivity contribution is 5.86. The smallest absolute Gasteiger partial charge is 0.354 e. The van der Waals surface area contributed by atoms with Crippen molar-refractivity contribution < 1.29 is 15.0 Å². The molecule has 1 fully saturated rings. The van der Waals surface area contributed by atoms with Gasteiger partial charge in [0.15, 0.2) is 0 Å². The maximum Gasteiger partial charge on any atom is 0.354 e. The van der Waals surface area contributed by atoms with Crippen LogP contribution in [0.3, 0.4) is 0 Å². The third kappa shape index (κ3) is 3.70. The molecule has 110 valence electrons. The number of aliphatic hydroxyl groups is 1. The number of carboxylic acids is 1. The van der Waals surface area contributed by atoms with Crippen molar-refractivity contribution in [1.29, 1.82) is 0 Å². The molecule has 0 aliphatic heterocycles. The zero-order chi connectivity index (χ0) is 14.8. The monoisotopic (exact) mass is 278 g/mol. The summed E-state index contributed by atoms with van der Waals surface area (Å²) in [6, 6.07) is 3.20. The van der Waals surface area contributed by atoms with Crippen LogP contribution in [0.1, 0.15) is 50.0 Å². The molecule has 5 heteroatoms. The highest BCUT2D eigenvalue weighted by atomic mass is 16.4. The first-order valence-corrected chi connectivity index (χ1v) is 6.95. The molecule has 0 unspecified atom stereocenters. The van der Waals surface area contributed by atoms with Gasteiger partial charge in [-0.2, -0.15) is 0 Å². The molecule has 0 spiro atoms. The fourth-order valence-electron chi connectivity index (χ4n) is 2.49. The van der Waals surface area contributed by atoms with E-state index >= 15 is 0 Å². The Balaban J connectivity index is 1.95. The van der Waals surface area contributed by atoms with Gasteiger partial charge in [-0.3, -0.25) is 0 Å². The van der Waals surface area contributed by atoms with Crippen LogP contribution in [0.5, 0.6) is 0 Å². The average Bonchev–Trinajstić information content (AvgIpc) is 2.41. The van der Waals surface area contributed by atoms with Crippen LogP contribution in [0.2, 0.25) is 0 Å². The van der Waals surface area contributed by atoms with Gasteiger partial charge in [0, 0.05) is 18.4 Å². The third-order valence-corrected chi connectivity index (χ3v) is 4.13. The predicted molar refractivity (Wildman–Crippen MR) is 76.9 cm³/mol. The normalized spacial score (nSPS) is 20.4. The van der Waals surface area contributed by atoms with Gasteiger partial charge in [-0.15, -0.1) is 0 Å². The Morgan fingerprint density at radius 2 is 2.00 bits per heavy atom. The number of hydrogen-bond acceptors (Lipinski definition) is 4. The summed E-state index contributed by atoms with van der Waals surface area (Å²) < 4.78 is 0. The minimum Gasteiger partial charge on any atom is -0.477 e. The lowest BCUT2D eigenvalue weighted by Crippen LogP contribution is -2.42. The number of nitrogens with zero attached hydrogens (tertiary/aromatic N) is 1. The van der Waals surface area contributed by atoms with E-state index < -0.39 is 11.6 Å². The SMILES string of the molecule is CC1(C)CCC(O)(CNc2ccnc(C(=O)O)c2)CC1. The van der Waals surface area contributed by atoms with Gasteiger partial charge in [0.05, 0.1) is 5.60 Å². The van der Waals surface area contributed by atoms with Crippen LogP contribution >= 0.6 is 0 Å². The number of carbonyl (C=O) groups is 1. The summed E-state index contributed by atoms with van der Waals surface area (Å²) in [6.07, 6.45) is 5.00. The molecule has 0 amide bonds. The highest BCUT2D eigenvalue weighted by Crippen LogP contribution is 2.40. The number of anilines is 1. The van der Waals surface area contributed by atoms with Crippen molar-refractivity contribution >= 4 is 11.7 Å². The number of aromatic carboxylic acids is 1. The molecule has 1 aromatic heterocycles. The first-order chi connectivity index (χ1) is 9.30. The van der Waals surface area contributed by atoms with E-state index in [0.717, 1.165) is 25.7 Å². The molecule has 1 heterocycles. The number of hydrogen-bond donors (Lipinski definition) is 3. The molecule has 20 heavy (non-hydrogen) atoms. The van der Waals surface area contributed by atoms with Gasteiger partial charge in [-0.05, 0) is 43.2 Å². The third-order valence-electron chi connectivity index (χ3n) is 4.13. The lowest BCUT2D eigenvalue weighted by atomic mass is 9.71. The molecule has 0 aromatic carbocycles. The van der Waals surface area contributed by atoms with Gasteiger partial charge in [-0.25, -0.2) is 9.78 Å². The molecule has 0 atom stereocenters. The Labute approximate surface area is 119 Å². The van der Waals surface area contributed by atoms with E-state index in [9.17, 15) is 9.90 Å². The van der Waals surface area contributed by atoms with Gasteiger partial charge in [0.1, 0.15) is 5.69 Å². The minimum atomic E-state index is -1.05. The maximum atomic E-state index is 10.9. The average molecular weight is 278 g/mol. The largest absolute Gasteiger partial charge is 0.477 e. The highest BCUT2D eigenvalue weighted by Gasteiger charge is 2.36. The Morgan fingerprint density at radius 3 is 2.60 bits per heavy atom. The zero-order valence-electron chi connectivity index (χ0n) is 12.0. The Morgan fingerprint density at radius 1 is 1.35 bits per heavy atom. The molecular weight excluding hydrogens is 256 g/mol. The second kappa shape index (κ2) is 5.40. The Bertz CT molecular complexity index is 490. The molecule has 5 nitrogen and oxygen atoms in total. The number of nitrogens with one attached hydrogen (secondary N) is 1. The topological polar surface area (TPSA) is 82.5 Å². The van der Waals surface area contributed by atoms with E-state index in [2.05, 4.69) is 24.1 Å². The number of rotatable bonds is 4. The van der Waals surface area contributed by atoms with Crippen LogP contribution in [0.4, 0.5) is 5.69 Å². The van der Waals surface area contributed by atoms with Crippen LogP contribution in [0, 0.1) is 5.41 Å². The van der Waals surface area contributed by atoms with Crippen molar-refractivity contribution in [2.45, 2.75) is 45.1 Å². The standard InChI is InChI=1S/C15H22N2O3/c1-14(2)4-6-15(20,7-5-14)10-17-11-3-8-16-12(9-11)13(18)19/h3,8-9,20H,4-7,10H2,1-2H3,(H,16,17)(H,18,19). The molecule has 0 saturated heterocycles. The Kier molecular flexibility index (Phi) is 3.99. The first-order valence-electron chi connectivity index (χ1n) is 6.95. The number of pyridine rings is 1. The van der Waals surface area contributed by atoms with Crippen molar-refractivity contribution in [1.82, 2.24) is 4.98 Å². The van der Waals surface area contributed by atoms with Crippen LogP contribution in [-0.4, -0.2) is 33.3 Å². The van der Waals surface area contributed by atoms with Gasteiger partial charge in [-0.1, -0.05) is 13.8 Å². The van der Waals surface area contributed by atoms with Crippen LogP contribution in [-0.2, 0) is 0 Å². The van der Waals surface area contributed by atoms with Crippen LogP contribution < -0.4 is 5.32 Å². The van der Waals surface area contributed by atoms with E-state index in [1.165, 1.54) is 12.3 Å². The van der Waals surface area contributed by atoms with Crippen molar-refractivity contribution in [2.75, 3.05) is 11.9 Å². The van der Waals surface area contributed by atoms with Crippen molar-refractivity contribution in [3.05, 3.63) is 24.0 Å². The summed E-state index contributed by atoms with van der Waals surface area (Å²) in [6.45, 7) is 4.89. The molecular formula is C15H22N2O3. The molecule has 1 saturated carbocycles. The van der Waals surface area contributed by atoms with Gasteiger partial charge >= 0.3 is 5.97 Å². The number of carboxylic acid groups (broad SMARTS) is 1. The van der Waals surface area contributed by atoms with E-state index in [1.807, 2.05) is 0 Å². The number of aromatic nitrogens is 1. The summed E-state index contributed by atoms with van der Waals surface area (Å²) >= 11 is 0. The fraction of sp³-hybridized carbons (Fsp3) is 0.600. The summed E-state index contributed by atoms with van der Waals surface area (Å²) in [5.74, 6) is -1.05. The summed E-state index contributed by atoms with van der Waals surface area (Å²) in [7, 11) is 0. The maximum absolute atomic E-state index is 10.9. The molecule has 1 aromatic rings. The Hall–Kier alpha value is -1.62. The summed E-state index contributed by atoms with van der Waals surface area (Å²) in [5, 5.41) is 22.6. The molecule has 1 aliphatic rings. The van der Waals surface area contributed by atoms with Crippen molar-refractivity contribution in [3.63, 3.8) is 0 Å². The molecule has 2 rings (SSSR count). The van der Waals surface area contributed by atoms with Crippen LogP contribution in [0.15, 0.2) is 18.3 Å². The molecule has 0 bridgehead atoms. The second-order valence-electron chi connectivity index (χ2n) is 6.48. The first kappa shape index (κ1) is 14.8. The zero-order valence-corrected chi connectivity index (χ0v) is 12.0. The summed E-state index contributed by atoms with van der Waals surface area (Å²) in [5.41, 5.74) is 0.282. The molecule has 1 aliphatic carbocycles. The van der Waals surface area contributed by atoms with E-state index in [0.29, 0.717) is 17.6 Å². The molecule has 0 radical (unpaired) electrons. The lowest BCUT2D eigenvalue weighted by molar-refractivity contribution is -0.0145. The van der Waals surface area contributed by atoms with E-state index in [-0.39, 0.29) is 5.69 Å². The van der Waals surface area contributed by atoms with Crippen molar-refractivity contribution in [2.24, 2.45) is 5.41 Å². The minimum absolute atomic E-state index is 0.00627. The second-order valence-corrected chi connectivity index (χ2v) is 6.48. The van der Waals surface area contributed by atoms with Gasteiger partial charge in [0.2, 0.25) is 0 Å².